The molecule has 0 radical (unpaired) electrons. The van der Waals surface area contributed by atoms with Gasteiger partial charge in [-0.3, -0.25) is 15.0 Å². The zero-order valence-corrected chi connectivity index (χ0v) is 16.3. The first kappa shape index (κ1) is 18.7. The summed E-state index contributed by atoms with van der Waals surface area (Å²) in [6.45, 7) is 6.06. The van der Waals surface area contributed by atoms with Crippen molar-refractivity contribution in [3.63, 3.8) is 0 Å². The molecule has 0 spiro atoms. The van der Waals surface area contributed by atoms with E-state index in [2.05, 4.69) is 15.5 Å². The summed E-state index contributed by atoms with van der Waals surface area (Å²) >= 11 is 0. The van der Waals surface area contributed by atoms with Crippen molar-refractivity contribution >= 4 is 23.7 Å². The molecule has 9 nitrogen and oxygen atoms in total. The predicted octanol–water partition coefficient (Wildman–Crippen LogP) is 3.88. The van der Waals surface area contributed by atoms with E-state index in [4.69, 9.17) is 13.7 Å². The van der Waals surface area contributed by atoms with Crippen molar-refractivity contribution in [1.82, 2.24) is 10.1 Å². The smallest absolute Gasteiger partial charge is 0.414 e. The van der Waals surface area contributed by atoms with Gasteiger partial charge in [0.25, 0.3) is 5.91 Å². The second kappa shape index (κ2) is 7.08. The van der Waals surface area contributed by atoms with E-state index in [1.807, 2.05) is 32.9 Å². The number of hydrogen-bond donors (Lipinski definition) is 1. The van der Waals surface area contributed by atoms with Gasteiger partial charge in [0.05, 0.1) is 12.0 Å². The molecular weight excluding hydrogens is 376 g/mol. The molecule has 9 heteroatoms. The third kappa shape index (κ3) is 3.98. The lowest BCUT2D eigenvalue weighted by molar-refractivity contribution is 0.0584. The number of ether oxygens (including phenoxy) is 1. The molecule has 29 heavy (non-hydrogen) atoms. The van der Waals surface area contributed by atoms with Crippen LogP contribution >= 0.6 is 0 Å². The standard InChI is InChI=1S/C20H20N4O5/c1-20(2,3)28-19(26)24-9-8-12-11-13(6-7-14(12)24)16-21-18(29-23-16)22-17(25)15-5-4-10-27-15/h4-7,10-11H,8-9H2,1-3H3,(H,21,22,23,25). The first-order valence-electron chi connectivity index (χ1n) is 9.12. The van der Waals surface area contributed by atoms with Crippen molar-refractivity contribution in [3.8, 4) is 11.4 Å². The molecular formula is C20H20N4O5. The number of hydrogen-bond acceptors (Lipinski definition) is 7. The van der Waals surface area contributed by atoms with Gasteiger partial charge in [0, 0.05) is 12.1 Å². The number of carbonyl (C=O) groups is 2. The van der Waals surface area contributed by atoms with Gasteiger partial charge in [-0.05, 0) is 63.1 Å². The molecule has 1 aliphatic rings. The van der Waals surface area contributed by atoms with Crippen molar-refractivity contribution in [1.29, 1.82) is 0 Å². The number of aromatic nitrogens is 2. The van der Waals surface area contributed by atoms with Gasteiger partial charge < -0.3 is 13.7 Å². The largest absolute Gasteiger partial charge is 0.459 e. The highest BCUT2D eigenvalue weighted by atomic mass is 16.6. The van der Waals surface area contributed by atoms with Crippen LogP contribution in [0.5, 0.6) is 0 Å². The molecule has 1 N–H and O–H groups in total. The number of carbonyl (C=O) groups excluding carboxylic acids is 2. The summed E-state index contributed by atoms with van der Waals surface area (Å²) in [4.78, 5) is 30.2. The summed E-state index contributed by atoms with van der Waals surface area (Å²) in [6.07, 6.45) is 1.73. The third-order valence-corrected chi connectivity index (χ3v) is 4.24. The molecule has 0 bridgehead atoms. The van der Waals surface area contributed by atoms with E-state index in [1.54, 1.807) is 17.0 Å². The van der Waals surface area contributed by atoms with E-state index in [0.29, 0.717) is 18.8 Å². The Labute approximate surface area is 166 Å². The topological polar surface area (TPSA) is 111 Å². The molecule has 3 heterocycles. The lowest BCUT2D eigenvalue weighted by Crippen LogP contribution is -2.35. The monoisotopic (exact) mass is 396 g/mol. The lowest BCUT2D eigenvalue weighted by atomic mass is 10.1. The minimum absolute atomic E-state index is 0.0303. The van der Waals surface area contributed by atoms with Gasteiger partial charge in [0.2, 0.25) is 5.82 Å². The van der Waals surface area contributed by atoms with Crippen LogP contribution in [0.3, 0.4) is 0 Å². The molecule has 0 unspecified atom stereocenters. The van der Waals surface area contributed by atoms with Crippen LogP contribution in [0.25, 0.3) is 11.4 Å². The number of fused-ring (bicyclic) bond motifs is 1. The van der Waals surface area contributed by atoms with Crippen LogP contribution < -0.4 is 10.2 Å². The van der Waals surface area contributed by atoms with Gasteiger partial charge in [-0.2, -0.15) is 4.98 Å². The molecule has 0 saturated heterocycles. The Morgan fingerprint density at radius 1 is 1.24 bits per heavy atom. The van der Waals surface area contributed by atoms with Crippen LogP contribution in [-0.2, 0) is 11.2 Å². The molecule has 0 aliphatic carbocycles. The molecule has 150 valence electrons. The molecule has 1 aliphatic heterocycles. The summed E-state index contributed by atoms with van der Waals surface area (Å²) < 4.78 is 15.6. The number of benzene rings is 1. The average Bonchev–Trinajstić information content (AvgIpc) is 3.39. The molecule has 3 aromatic rings. The lowest BCUT2D eigenvalue weighted by Gasteiger charge is -2.24. The van der Waals surface area contributed by atoms with E-state index in [0.717, 1.165) is 16.8 Å². The number of rotatable bonds is 3. The highest BCUT2D eigenvalue weighted by Crippen LogP contribution is 2.32. The van der Waals surface area contributed by atoms with Crippen molar-refractivity contribution < 1.29 is 23.3 Å². The van der Waals surface area contributed by atoms with Gasteiger partial charge >= 0.3 is 12.1 Å². The summed E-state index contributed by atoms with van der Waals surface area (Å²) in [7, 11) is 0. The van der Waals surface area contributed by atoms with Gasteiger partial charge in [0.1, 0.15) is 5.60 Å². The first-order valence-corrected chi connectivity index (χ1v) is 9.12. The van der Waals surface area contributed by atoms with Crippen molar-refractivity contribution in [2.24, 2.45) is 0 Å². The maximum absolute atomic E-state index is 12.4. The quantitative estimate of drug-likeness (QED) is 0.715. The highest BCUT2D eigenvalue weighted by molar-refractivity contribution is 6.01. The van der Waals surface area contributed by atoms with Crippen molar-refractivity contribution in [3.05, 3.63) is 47.9 Å². The Balaban J connectivity index is 1.49. The van der Waals surface area contributed by atoms with Crippen LogP contribution in [0.15, 0.2) is 45.5 Å². The Morgan fingerprint density at radius 2 is 2.07 bits per heavy atom. The summed E-state index contributed by atoms with van der Waals surface area (Å²) in [6, 6.07) is 8.65. The minimum Gasteiger partial charge on any atom is -0.459 e. The molecule has 2 amide bonds. The summed E-state index contributed by atoms with van der Waals surface area (Å²) in [5.41, 5.74) is 1.95. The Bertz CT molecular complexity index is 1050. The van der Waals surface area contributed by atoms with E-state index in [-0.39, 0.29) is 17.9 Å². The maximum Gasteiger partial charge on any atom is 0.414 e. The van der Waals surface area contributed by atoms with Crippen molar-refractivity contribution in [2.75, 3.05) is 16.8 Å². The third-order valence-electron chi connectivity index (χ3n) is 4.24. The average molecular weight is 396 g/mol. The first-order chi connectivity index (χ1) is 13.8. The molecule has 2 aromatic heterocycles. The second-order valence-corrected chi connectivity index (χ2v) is 7.58. The van der Waals surface area contributed by atoms with E-state index < -0.39 is 11.5 Å². The normalized spacial score (nSPS) is 13.3. The van der Waals surface area contributed by atoms with Crippen LogP contribution in [0, 0.1) is 0 Å². The number of nitrogens with one attached hydrogen (secondary N) is 1. The van der Waals surface area contributed by atoms with E-state index >= 15 is 0 Å². The van der Waals surface area contributed by atoms with Crippen molar-refractivity contribution in [2.45, 2.75) is 32.8 Å². The molecule has 1 aromatic carbocycles. The van der Waals surface area contributed by atoms with Gasteiger partial charge in [-0.1, -0.05) is 5.16 Å². The maximum atomic E-state index is 12.4. The molecule has 0 fully saturated rings. The fourth-order valence-corrected chi connectivity index (χ4v) is 3.01. The van der Waals surface area contributed by atoms with E-state index in [9.17, 15) is 9.59 Å². The fraction of sp³-hybridized carbons (Fsp3) is 0.300. The number of furan rings is 1. The zero-order valence-electron chi connectivity index (χ0n) is 16.3. The highest BCUT2D eigenvalue weighted by Gasteiger charge is 2.29. The Kier molecular flexibility index (Phi) is 4.57. The minimum atomic E-state index is -0.555. The van der Waals surface area contributed by atoms with Crippen LogP contribution in [0.2, 0.25) is 0 Å². The number of nitrogens with zero attached hydrogens (tertiary/aromatic N) is 3. The SMILES string of the molecule is CC(C)(C)OC(=O)N1CCc2cc(-c3noc(NC(=O)c4ccco4)n3)ccc21. The second-order valence-electron chi connectivity index (χ2n) is 7.58. The predicted molar refractivity (Wildman–Crippen MR) is 104 cm³/mol. The number of anilines is 2. The van der Waals surface area contributed by atoms with E-state index in [1.165, 1.54) is 12.3 Å². The van der Waals surface area contributed by atoms with Gasteiger partial charge in [0.15, 0.2) is 5.76 Å². The molecule has 0 saturated carbocycles. The zero-order chi connectivity index (χ0) is 20.6. The summed E-state index contributed by atoms with van der Waals surface area (Å²) in [5.74, 6) is -0.00469. The summed E-state index contributed by atoms with van der Waals surface area (Å²) in [5, 5.41) is 6.40. The van der Waals surface area contributed by atoms with Crippen LogP contribution in [-0.4, -0.2) is 34.3 Å². The number of amides is 2. The Morgan fingerprint density at radius 3 is 2.79 bits per heavy atom. The Hall–Kier alpha value is -3.62. The van der Waals surface area contributed by atoms with Crippen LogP contribution in [0.4, 0.5) is 16.5 Å². The fourth-order valence-electron chi connectivity index (χ4n) is 3.01. The van der Waals surface area contributed by atoms with Gasteiger partial charge in [-0.15, -0.1) is 0 Å². The van der Waals surface area contributed by atoms with Gasteiger partial charge in [-0.25, -0.2) is 4.79 Å². The molecule has 0 atom stereocenters. The molecule has 4 rings (SSSR count). The van der Waals surface area contributed by atoms with Crippen LogP contribution in [0.1, 0.15) is 36.9 Å².